The van der Waals surface area contributed by atoms with Crippen molar-refractivity contribution in [3.63, 3.8) is 0 Å². The smallest absolute Gasteiger partial charge is 0.136 e. The number of rotatable bonds is 3. The number of allylic oxidation sites excluding steroid dienone is 1. The standard InChI is InChI=1S/C10H16O/c1-3-4-5-9-6-8(2)7-10(9)11/h3,8-9H,1,4-7H2,2H3/t8-,9-/m1/s1. The van der Waals surface area contributed by atoms with Crippen LogP contribution in [0.4, 0.5) is 0 Å². The molecule has 1 aliphatic rings. The highest BCUT2D eigenvalue weighted by atomic mass is 16.1. The molecule has 1 heteroatoms. The van der Waals surface area contributed by atoms with Gasteiger partial charge >= 0.3 is 0 Å². The first-order valence-electron chi connectivity index (χ1n) is 4.37. The van der Waals surface area contributed by atoms with Crippen LogP contribution in [-0.2, 0) is 4.79 Å². The minimum Gasteiger partial charge on any atom is -0.299 e. The van der Waals surface area contributed by atoms with Crippen LogP contribution < -0.4 is 0 Å². The van der Waals surface area contributed by atoms with Gasteiger partial charge in [-0.05, 0) is 25.2 Å². The summed E-state index contributed by atoms with van der Waals surface area (Å²) in [6.07, 6.45) is 5.82. The summed E-state index contributed by atoms with van der Waals surface area (Å²) >= 11 is 0. The van der Waals surface area contributed by atoms with E-state index in [1.165, 1.54) is 0 Å². The van der Waals surface area contributed by atoms with E-state index in [1.54, 1.807) is 0 Å². The Morgan fingerprint density at radius 3 is 2.91 bits per heavy atom. The van der Waals surface area contributed by atoms with E-state index in [0.29, 0.717) is 17.6 Å². The Morgan fingerprint density at radius 2 is 2.45 bits per heavy atom. The third kappa shape index (κ3) is 2.18. The first-order valence-corrected chi connectivity index (χ1v) is 4.37. The number of hydrogen-bond acceptors (Lipinski definition) is 1. The zero-order valence-electron chi connectivity index (χ0n) is 7.18. The maximum Gasteiger partial charge on any atom is 0.136 e. The molecule has 1 fully saturated rings. The topological polar surface area (TPSA) is 17.1 Å². The Bertz CT molecular complexity index is 160. The maximum atomic E-state index is 11.3. The van der Waals surface area contributed by atoms with Crippen LogP contribution in [0.15, 0.2) is 12.7 Å². The summed E-state index contributed by atoms with van der Waals surface area (Å²) in [4.78, 5) is 11.3. The third-order valence-electron chi connectivity index (χ3n) is 2.41. The minimum atomic E-state index is 0.350. The lowest BCUT2D eigenvalue weighted by molar-refractivity contribution is -0.120. The fraction of sp³-hybridized carbons (Fsp3) is 0.700. The summed E-state index contributed by atoms with van der Waals surface area (Å²) < 4.78 is 0. The lowest BCUT2D eigenvalue weighted by Gasteiger charge is -2.04. The molecule has 0 aromatic carbocycles. The fourth-order valence-electron chi connectivity index (χ4n) is 1.81. The molecule has 62 valence electrons. The molecular formula is C10H16O. The number of Topliss-reactive ketones (excluding diaryl/α,β-unsaturated/α-hetero) is 1. The highest BCUT2D eigenvalue weighted by molar-refractivity contribution is 5.83. The largest absolute Gasteiger partial charge is 0.299 e. The van der Waals surface area contributed by atoms with Crippen LogP contribution in [0.2, 0.25) is 0 Å². The van der Waals surface area contributed by atoms with Gasteiger partial charge in [0.05, 0.1) is 0 Å². The quantitative estimate of drug-likeness (QED) is 0.568. The van der Waals surface area contributed by atoms with Crippen LogP contribution in [0.5, 0.6) is 0 Å². The van der Waals surface area contributed by atoms with Crippen molar-refractivity contribution < 1.29 is 4.79 Å². The fourth-order valence-corrected chi connectivity index (χ4v) is 1.81. The summed E-state index contributed by atoms with van der Waals surface area (Å²) in [5, 5.41) is 0. The predicted octanol–water partition coefficient (Wildman–Crippen LogP) is 2.57. The molecule has 0 aliphatic heterocycles. The number of hydrogen-bond donors (Lipinski definition) is 0. The summed E-state index contributed by atoms with van der Waals surface area (Å²) in [7, 11) is 0. The van der Waals surface area contributed by atoms with Gasteiger partial charge in [0.15, 0.2) is 0 Å². The second-order valence-corrected chi connectivity index (χ2v) is 3.57. The minimum absolute atomic E-state index is 0.350. The summed E-state index contributed by atoms with van der Waals surface area (Å²) in [6, 6.07) is 0. The molecule has 1 saturated carbocycles. The highest BCUT2D eigenvalue weighted by Crippen LogP contribution is 2.30. The lowest BCUT2D eigenvalue weighted by Crippen LogP contribution is -2.04. The molecule has 0 saturated heterocycles. The molecule has 0 aromatic heterocycles. The van der Waals surface area contributed by atoms with Gasteiger partial charge in [0, 0.05) is 12.3 Å². The van der Waals surface area contributed by atoms with E-state index >= 15 is 0 Å². The van der Waals surface area contributed by atoms with E-state index in [9.17, 15) is 4.79 Å². The molecule has 1 rings (SSSR count). The van der Waals surface area contributed by atoms with Crippen molar-refractivity contribution in [2.75, 3.05) is 0 Å². The Labute approximate surface area is 68.5 Å². The maximum absolute atomic E-state index is 11.3. The van der Waals surface area contributed by atoms with Crippen molar-refractivity contribution in [2.24, 2.45) is 11.8 Å². The number of carbonyl (C=O) groups is 1. The monoisotopic (exact) mass is 152 g/mol. The Balaban J connectivity index is 2.34. The zero-order chi connectivity index (χ0) is 8.27. The van der Waals surface area contributed by atoms with E-state index in [4.69, 9.17) is 0 Å². The van der Waals surface area contributed by atoms with Crippen molar-refractivity contribution in [3.8, 4) is 0 Å². The molecule has 0 radical (unpaired) electrons. The second kappa shape index (κ2) is 3.70. The van der Waals surface area contributed by atoms with Gasteiger partial charge in [-0.15, -0.1) is 6.58 Å². The van der Waals surface area contributed by atoms with Gasteiger partial charge < -0.3 is 0 Å². The molecule has 11 heavy (non-hydrogen) atoms. The van der Waals surface area contributed by atoms with E-state index in [2.05, 4.69) is 13.5 Å². The van der Waals surface area contributed by atoms with Gasteiger partial charge in [-0.3, -0.25) is 4.79 Å². The van der Waals surface area contributed by atoms with E-state index < -0.39 is 0 Å². The van der Waals surface area contributed by atoms with Crippen molar-refractivity contribution in [2.45, 2.75) is 32.6 Å². The SMILES string of the molecule is C=CCC[C@@H]1C[C@@H](C)CC1=O. The normalized spacial score (nSPS) is 30.8. The summed E-state index contributed by atoms with van der Waals surface area (Å²) in [6.45, 7) is 5.81. The van der Waals surface area contributed by atoms with Gasteiger partial charge in [0.1, 0.15) is 5.78 Å². The summed E-state index contributed by atoms with van der Waals surface area (Å²) in [5.74, 6) is 1.44. The molecule has 1 aliphatic carbocycles. The van der Waals surface area contributed by atoms with E-state index in [1.807, 2.05) is 6.08 Å². The molecular weight excluding hydrogens is 136 g/mol. The molecule has 0 N–H and O–H groups in total. The van der Waals surface area contributed by atoms with Crippen molar-refractivity contribution in [1.29, 1.82) is 0 Å². The molecule has 2 atom stereocenters. The van der Waals surface area contributed by atoms with Crippen molar-refractivity contribution in [3.05, 3.63) is 12.7 Å². The Kier molecular flexibility index (Phi) is 2.86. The average molecular weight is 152 g/mol. The molecule has 0 heterocycles. The number of carbonyl (C=O) groups excluding carboxylic acids is 1. The first-order chi connectivity index (χ1) is 5.24. The molecule has 0 bridgehead atoms. The highest BCUT2D eigenvalue weighted by Gasteiger charge is 2.28. The van der Waals surface area contributed by atoms with Crippen LogP contribution in [0, 0.1) is 11.8 Å². The van der Waals surface area contributed by atoms with Crippen LogP contribution in [0.25, 0.3) is 0 Å². The average Bonchev–Trinajstić information content (AvgIpc) is 2.26. The van der Waals surface area contributed by atoms with Crippen LogP contribution in [-0.4, -0.2) is 5.78 Å². The van der Waals surface area contributed by atoms with E-state index in [0.717, 1.165) is 25.7 Å². The molecule has 0 aromatic rings. The van der Waals surface area contributed by atoms with Crippen molar-refractivity contribution in [1.82, 2.24) is 0 Å². The molecule has 0 spiro atoms. The Hall–Kier alpha value is -0.590. The lowest BCUT2D eigenvalue weighted by atomic mass is 10.00. The third-order valence-corrected chi connectivity index (χ3v) is 2.41. The van der Waals surface area contributed by atoms with Crippen molar-refractivity contribution >= 4 is 5.78 Å². The van der Waals surface area contributed by atoms with Gasteiger partial charge in [-0.1, -0.05) is 13.0 Å². The number of ketones is 1. The van der Waals surface area contributed by atoms with E-state index in [-0.39, 0.29) is 0 Å². The van der Waals surface area contributed by atoms with Gasteiger partial charge in [0.2, 0.25) is 0 Å². The van der Waals surface area contributed by atoms with Gasteiger partial charge in [-0.25, -0.2) is 0 Å². The van der Waals surface area contributed by atoms with Crippen LogP contribution >= 0.6 is 0 Å². The molecule has 1 nitrogen and oxygen atoms in total. The zero-order valence-corrected chi connectivity index (χ0v) is 7.18. The Morgan fingerprint density at radius 1 is 1.73 bits per heavy atom. The molecule has 0 unspecified atom stereocenters. The second-order valence-electron chi connectivity index (χ2n) is 3.57. The van der Waals surface area contributed by atoms with Crippen LogP contribution in [0.3, 0.4) is 0 Å². The first kappa shape index (κ1) is 8.51. The van der Waals surface area contributed by atoms with Crippen LogP contribution in [0.1, 0.15) is 32.6 Å². The summed E-state index contributed by atoms with van der Waals surface area (Å²) in [5.41, 5.74) is 0. The van der Waals surface area contributed by atoms with Gasteiger partial charge in [0.25, 0.3) is 0 Å². The van der Waals surface area contributed by atoms with Gasteiger partial charge in [-0.2, -0.15) is 0 Å². The molecule has 0 amide bonds. The predicted molar refractivity (Wildman–Crippen MR) is 46.3 cm³/mol.